The average molecular weight is 295 g/mol. The summed E-state index contributed by atoms with van der Waals surface area (Å²) in [4.78, 5) is 11.3. The molecule has 106 valence electrons. The normalized spacial score (nSPS) is 18.5. The molecule has 1 aliphatic heterocycles. The van der Waals surface area contributed by atoms with Crippen molar-refractivity contribution in [1.29, 1.82) is 0 Å². The highest BCUT2D eigenvalue weighted by molar-refractivity contribution is 7.22. The van der Waals surface area contributed by atoms with Crippen LogP contribution in [-0.4, -0.2) is 23.1 Å². The fraction of sp³-hybridized carbons (Fsp3) is 0.294. The van der Waals surface area contributed by atoms with E-state index in [9.17, 15) is 0 Å². The van der Waals surface area contributed by atoms with Gasteiger partial charge in [-0.2, -0.15) is 0 Å². The van der Waals surface area contributed by atoms with Crippen LogP contribution in [0.5, 0.6) is 0 Å². The molecule has 1 fully saturated rings. The van der Waals surface area contributed by atoms with Gasteiger partial charge in [-0.25, -0.2) is 4.98 Å². The lowest BCUT2D eigenvalue weighted by Gasteiger charge is -2.14. The first-order valence-corrected chi connectivity index (χ1v) is 8.13. The summed E-state index contributed by atoms with van der Waals surface area (Å²) in [5.74, 6) is 0.599. The van der Waals surface area contributed by atoms with Crippen molar-refractivity contribution in [1.82, 2.24) is 9.97 Å². The highest BCUT2D eigenvalue weighted by Crippen LogP contribution is 2.35. The molecule has 21 heavy (non-hydrogen) atoms. The van der Waals surface area contributed by atoms with E-state index >= 15 is 0 Å². The Balaban J connectivity index is 1.59. The van der Waals surface area contributed by atoms with Crippen LogP contribution in [0.1, 0.15) is 23.5 Å². The van der Waals surface area contributed by atoms with Gasteiger partial charge in [0.2, 0.25) is 0 Å². The number of aryl methyl sites for hydroxylation is 1. The highest BCUT2D eigenvalue weighted by atomic mass is 32.1. The lowest BCUT2D eigenvalue weighted by Crippen LogP contribution is -2.18. The van der Waals surface area contributed by atoms with Gasteiger partial charge in [-0.15, -0.1) is 0 Å². The molecule has 0 saturated carbocycles. The van der Waals surface area contributed by atoms with E-state index < -0.39 is 0 Å². The number of benzene rings is 1. The molecule has 1 saturated heterocycles. The van der Waals surface area contributed by atoms with Crippen molar-refractivity contribution in [3.05, 3.63) is 53.9 Å². The van der Waals surface area contributed by atoms with E-state index in [1.807, 2.05) is 12.4 Å². The Morgan fingerprint density at radius 3 is 2.90 bits per heavy atom. The van der Waals surface area contributed by atoms with Gasteiger partial charge in [-0.05, 0) is 48.7 Å². The number of nitrogens with zero attached hydrogens (tertiary/aromatic N) is 3. The number of anilines is 1. The van der Waals surface area contributed by atoms with Crippen LogP contribution in [0.3, 0.4) is 0 Å². The zero-order chi connectivity index (χ0) is 14.2. The molecule has 0 radical (unpaired) electrons. The molecule has 2 aromatic heterocycles. The van der Waals surface area contributed by atoms with Crippen LogP contribution < -0.4 is 4.90 Å². The van der Waals surface area contributed by atoms with Crippen molar-refractivity contribution >= 4 is 26.7 Å². The second kappa shape index (κ2) is 5.11. The van der Waals surface area contributed by atoms with Crippen LogP contribution in [-0.2, 0) is 0 Å². The maximum atomic E-state index is 4.82. The lowest BCUT2D eigenvalue weighted by molar-refractivity contribution is 0.773. The molecule has 0 bridgehead atoms. The summed E-state index contributed by atoms with van der Waals surface area (Å²) in [5.41, 5.74) is 3.79. The second-order valence-electron chi connectivity index (χ2n) is 5.68. The fourth-order valence-corrected chi connectivity index (χ4v) is 3.98. The molecule has 0 spiro atoms. The minimum absolute atomic E-state index is 0.599. The zero-order valence-corrected chi connectivity index (χ0v) is 12.8. The first-order chi connectivity index (χ1) is 10.3. The molecule has 0 amide bonds. The van der Waals surface area contributed by atoms with Crippen LogP contribution in [0, 0.1) is 6.92 Å². The monoisotopic (exact) mass is 295 g/mol. The number of rotatable bonds is 2. The van der Waals surface area contributed by atoms with Gasteiger partial charge in [0.15, 0.2) is 5.13 Å². The minimum atomic E-state index is 0.599. The van der Waals surface area contributed by atoms with Gasteiger partial charge < -0.3 is 4.90 Å². The molecule has 1 atom stereocenters. The molecule has 1 aliphatic rings. The van der Waals surface area contributed by atoms with Gasteiger partial charge in [0.05, 0.1) is 10.2 Å². The topological polar surface area (TPSA) is 29.0 Å². The van der Waals surface area contributed by atoms with Crippen molar-refractivity contribution < 1.29 is 0 Å². The summed E-state index contributed by atoms with van der Waals surface area (Å²) in [5, 5.41) is 1.16. The van der Waals surface area contributed by atoms with E-state index in [1.165, 1.54) is 22.2 Å². The number of pyridine rings is 1. The summed E-state index contributed by atoms with van der Waals surface area (Å²) in [6.07, 6.45) is 4.97. The van der Waals surface area contributed by atoms with Gasteiger partial charge in [-0.1, -0.05) is 17.4 Å². The Labute approximate surface area is 128 Å². The van der Waals surface area contributed by atoms with Crippen LogP contribution in [0.25, 0.3) is 10.2 Å². The predicted molar refractivity (Wildman–Crippen MR) is 88.2 cm³/mol. The Morgan fingerprint density at radius 1 is 1.19 bits per heavy atom. The third-order valence-corrected chi connectivity index (χ3v) is 5.27. The smallest absolute Gasteiger partial charge is 0.186 e. The Hall–Kier alpha value is -1.94. The van der Waals surface area contributed by atoms with E-state index in [0.29, 0.717) is 5.92 Å². The molecule has 4 heteroatoms. The Bertz CT molecular complexity index is 766. The van der Waals surface area contributed by atoms with Crippen LogP contribution in [0.4, 0.5) is 5.13 Å². The number of fused-ring (bicyclic) bond motifs is 1. The number of thiazole rings is 1. The van der Waals surface area contributed by atoms with Crippen LogP contribution in [0.15, 0.2) is 42.7 Å². The largest absolute Gasteiger partial charge is 0.347 e. The molecule has 3 nitrogen and oxygen atoms in total. The third-order valence-electron chi connectivity index (χ3n) is 4.17. The SMILES string of the molecule is Cc1ccc2sc(N3CCC(c4ccncc4)C3)nc2c1. The van der Waals surface area contributed by atoms with E-state index in [1.54, 1.807) is 11.3 Å². The molecule has 3 aromatic rings. The highest BCUT2D eigenvalue weighted by Gasteiger charge is 2.25. The summed E-state index contributed by atoms with van der Waals surface area (Å²) in [6.45, 7) is 4.27. The number of hydrogen-bond acceptors (Lipinski definition) is 4. The third kappa shape index (κ3) is 2.40. The van der Waals surface area contributed by atoms with E-state index in [4.69, 9.17) is 4.98 Å². The molecule has 4 rings (SSSR count). The quantitative estimate of drug-likeness (QED) is 0.715. The van der Waals surface area contributed by atoms with Crippen molar-refractivity contribution in [2.45, 2.75) is 19.3 Å². The van der Waals surface area contributed by atoms with E-state index in [0.717, 1.165) is 23.7 Å². The number of aromatic nitrogens is 2. The standard InChI is InChI=1S/C17H17N3S/c1-12-2-3-16-15(10-12)19-17(21-16)20-9-6-14(11-20)13-4-7-18-8-5-13/h2-5,7-8,10,14H,6,9,11H2,1H3. The molecule has 0 N–H and O–H groups in total. The lowest BCUT2D eigenvalue weighted by atomic mass is 10.0. The minimum Gasteiger partial charge on any atom is -0.347 e. The second-order valence-corrected chi connectivity index (χ2v) is 6.69. The molecule has 3 heterocycles. The summed E-state index contributed by atoms with van der Waals surface area (Å²) >= 11 is 1.80. The summed E-state index contributed by atoms with van der Waals surface area (Å²) in [7, 11) is 0. The number of hydrogen-bond donors (Lipinski definition) is 0. The van der Waals surface area contributed by atoms with Gasteiger partial charge >= 0.3 is 0 Å². The van der Waals surface area contributed by atoms with Gasteiger partial charge in [0.1, 0.15) is 0 Å². The maximum absolute atomic E-state index is 4.82. The van der Waals surface area contributed by atoms with Crippen LogP contribution in [0.2, 0.25) is 0 Å². The first-order valence-electron chi connectivity index (χ1n) is 7.32. The maximum Gasteiger partial charge on any atom is 0.186 e. The zero-order valence-electron chi connectivity index (χ0n) is 12.0. The van der Waals surface area contributed by atoms with E-state index in [-0.39, 0.29) is 0 Å². The van der Waals surface area contributed by atoms with Crippen LogP contribution >= 0.6 is 11.3 Å². The van der Waals surface area contributed by atoms with Gasteiger partial charge in [0.25, 0.3) is 0 Å². The fourth-order valence-electron chi connectivity index (χ4n) is 3.00. The van der Waals surface area contributed by atoms with Gasteiger partial charge in [-0.3, -0.25) is 4.98 Å². The summed E-state index contributed by atoms with van der Waals surface area (Å²) in [6, 6.07) is 10.8. The van der Waals surface area contributed by atoms with E-state index in [2.05, 4.69) is 47.1 Å². The molecular formula is C17H17N3S. The molecule has 1 unspecified atom stereocenters. The van der Waals surface area contributed by atoms with Crippen molar-refractivity contribution in [3.63, 3.8) is 0 Å². The van der Waals surface area contributed by atoms with Crippen molar-refractivity contribution in [3.8, 4) is 0 Å². The van der Waals surface area contributed by atoms with Crippen molar-refractivity contribution in [2.75, 3.05) is 18.0 Å². The van der Waals surface area contributed by atoms with Crippen molar-refractivity contribution in [2.24, 2.45) is 0 Å². The molecule has 0 aliphatic carbocycles. The molecule has 1 aromatic carbocycles. The Morgan fingerprint density at radius 2 is 2.05 bits per heavy atom. The predicted octanol–water partition coefficient (Wildman–Crippen LogP) is 3.99. The first kappa shape index (κ1) is 12.8. The molecular weight excluding hydrogens is 278 g/mol. The average Bonchev–Trinajstić information content (AvgIpc) is 3.14. The Kier molecular flexibility index (Phi) is 3.11. The summed E-state index contributed by atoms with van der Waals surface area (Å²) < 4.78 is 1.28. The van der Waals surface area contributed by atoms with Gasteiger partial charge in [0, 0.05) is 31.4 Å².